The van der Waals surface area contributed by atoms with Crippen LogP contribution in [-0.2, 0) is 21.5 Å². The number of carbonyl (C=O) groups excluding carboxylic acids is 1. The van der Waals surface area contributed by atoms with Gasteiger partial charge in [0.15, 0.2) is 0 Å². The van der Waals surface area contributed by atoms with E-state index in [1.54, 1.807) is 18.4 Å². The van der Waals surface area contributed by atoms with E-state index in [9.17, 15) is 4.79 Å². The Morgan fingerprint density at radius 2 is 2.22 bits per heavy atom. The highest BCUT2D eigenvalue weighted by molar-refractivity contribution is 7.14. The molecule has 0 radical (unpaired) electrons. The first-order chi connectivity index (χ1) is 13.2. The maximum absolute atomic E-state index is 13.2. The molecule has 1 aromatic heterocycles. The van der Waals surface area contributed by atoms with Crippen molar-refractivity contribution in [3.63, 3.8) is 0 Å². The molecule has 4 heterocycles. The van der Waals surface area contributed by atoms with Crippen molar-refractivity contribution in [3.05, 3.63) is 21.4 Å². The number of likely N-dealkylation sites (tertiary alicyclic amines) is 2. The van der Waals surface area contributed by atoms with Crippen molar-refractivity contribution in [1.29, 1.82) is 0 Å². The number of fused-ring (bicyclic) bond motifs is 4. The standard InChI is InChI=1S/C21H30N2O3S/c1-25-11-9-22-7-5-21(6-8-22)19-16(4-10-26-21)13-18(27-19)20(24)23-14-15-2-3-17(23)12-15/h13,15,17H,2-12,14H2,1H3/t15-,17-/m0/s1. The lowest BCUT2D eigenvalue weighted by Gasteiger charge is -2.43. The molecule has 2 bridgehead atoms. The summed E-state index contributed by atoms with van der Waals surface area (Å²) in [5, 5.41) is 0. The van der Waals surface area contributed by atoms with Gasteiger partial charge >= 0.3 is 0 Å². The quantitative estimate of drug-likeness (QED) is 0.793. The Labute approximate surface area is 165 Å². The molecule has 1 saturated carbocycles. The number of nitrogens with zero attached hydrogens (tertiary/aromatic N) is 2. The zero-order valence-electron chi connectivity index (χ0n) is 16.2. The SMILES string of the molecule is COCCN1CCC2(CC1)OCCc1cc(C(=O)N3C[C@H]4CC[C@H]3C4)sc12. The molecule has 3 fully saturated rings. The Bertz CT molecular complexity index is 710. The minimum absolute atomic E-state index is 0.162. The lowest BCUT2D eigenvalue weighted by atomic mass is 9.85. The van der Waals surface area contributed by atoms with E-state index in [1.807, 2.05) is 0 Å². The van der Waals surface area contributed by atoms with Gasteiger partial charge in [0.25, 0.3) is 5.91 Å². The Morgan fingerprint density at radius 3 is 2.93 bits per heavy atom. The van der Waals surface area contributed by atoms with Gasteiger partial charge in [0.1, 0.15) is 5.60 Å². The van der Waals surface area contributed by atoms with Gasteiger partial charge < -0.3 is 19.3 Å². The van der Waals surface area contributed by atoms with Crippen LogP contribution in [0.25, 0.3) is 0 Å². The van der Waals surface area contributed by atoms with Gasteiger partial charge in [-0.05, 0) is 56.1 Å². The molecule has 1 aromatic rings. The lowest BCUT2D eigenvalue weighted by Crippen LogP contribution is -2.46. The van der Waals surface area contributed by atoms with Crippen molar-refractivity contribution in [3.8, 4) is 0 Å². The summed E-state index contributed by atoms with van der Waals surface area (Å²) < 4.78 is 11.6. The minimum atomic E-state index is -0.162. The topological polar surface area (TPSA) is 42.0 Å². The third kappa shape index (κ3) is 3.15. The van der Waals surface area contributed by atoms with Crippen LogP contribution in [0, 0.1) is 5.92 Å². The number of amides is 1. The monoisotopic (exact) mass is 390 g/mol. The molecule has 27 heavy (non-hydrogen) atoms. The summed E-state index contributed by atoms with van der Waals surface area (Å²) in [7, 11) is 1.76. The Hall–Kier alpha value is -0.950. The van der Waals surface area contributed by atoms with Crippen molar-refractivity contribution in [2.24, 2.45) is 5.92 Å². The Morgan fingerprint density at radius 1 is 1.37 bits per heavy atom. The Kier molecular flexibility index (Phi) is 4.79. The van der Waals surface area contributed by atoms with Crippen LogP contribution in [0.2, 0.25) is 0 Å². The number of hydrogen-bond acceptors (Lipinski definition) is 5. The molecule has 1 amide bonds. The molecule has 148 valence electrons. The van der Waals surface area contributed by atoms with Crippen molar-refractivity contribution in [1.82, 2.24) is 9.80 Å². The number of piperidine rings is 2. The third-order valence-electron chi connectivity index (χ3n) is 7.13. The summed E-state index contributed by atoms with van der Waals surface area (Å²) in [6.07, 6.45) is 6.72. The molecule has 0 aromatic carbocycles. The fraction of sp³-hybridized carbons (Fsp3) is 0.762. The predicted octanol–water partition coefficient (Wildman–Crippen LogP) is 2.88. The number of ether oxygens (including phenoxy) is 2. The van der Waals surface area contributed by atoms with Gasteiger partial charge in [-0.2, -0.15) is 0 Å². The molecule has 2 atom stereocenters. The van der Waals surface area contributed by atoms with Crippen molar-refractivity contribution in [2.45, 2.75) is 50.2 Å². The number of hydrogen-bond donors (Lipinski definition) is 0. The van der Waals surface area contributed by atoms with Crippen LogP contribution >= 0.6 is 11.3 Å². The van der Waals surface area contributed by atoms with E-state index >= 15 is 0 Å². The van der Waals surface area contributed by atoms with Gasteiger partial charge in [0.2, 0.25) is 0 Å². The zero-order valence-corrected chi connectivity index (χ0v) is 17.1. The molecule has 1 aliphatic carbocycles. The average molecular weight is 391 g/mol. The first-order valence-corrected chi connectivity index (χ1v) is 11.3. The van der Waals surface area contributed by atoms with E-state index in [0.717, 1.165) is 69.5 Å². The van der Waals surface area contributed by atoms with Gasteiger partial charge in [-0.3, -0.25) is 4.79 Å². The van der Waals surface area contributed by atoms with Crippen molar-refractivity contribution >= 4 is 17.2 Å². The van der Waals surface area contributed by atoms with Crippen LogP contribution in [-0.4, -0.2) is 68.3 Å². The fourth-order valence-electron chi connectivity index (χ4n) is 5.57. The van der Waals surface area contributed by atoms with Gasteiger partial charge in [0.05, 0.1) is 18.1 Å². The smallest absolute Gasteiger partial charge is 0.264 e. The molecule has 5 nitrogen and oxygen atoms in total. The number of carbonyl (C=O) groups is 1. The van der Waals surface area contributed by atoms with E-state index < -0.39 is 0 Å². The maximum atomic E-state index is 13.2. The summed E-state index contributed by atoms with van der Waals surface area (Å²) in [6.45, 7) is 5.62. The fourth-order valence-corrected chi connectivity index (χ4v) is 6.94. The van der Waals surface area contributed by atoms with Crippen LogP contribution in [0.1, 0.15) is 52.2 Å². The molecule has 5 rings (SSSR count). The first kappa shape index (κ1) is 18.1. The highest BCUT2D eigenvalue weighted by atomic mass is 32.1. The van der Waals surface area contributed by atoms with Gasteiger partial charge in [0, 0.05) is 44.2 Å². The zero-order chi connectivity index (χ0) is 18.4. The minimum Gasteiger partial charge on any atom is -0.383 e. The molecule has 3 aliphatic heterocycles. The first-order valence-electron chi connectivity index (χ1n) is 10.5. The van der Waals surface area contributed by atoms with Crippen LogP contribution < -0.4 is 0 Å². The third-order valence-corrected chi connectivity index (χ3v) is 8.48. The van der Waals surface area contributed by atoms with Crippen molar-refractivity contribution in [2.75, 3.05) is 46.5 Å². The van der Waals surface area contributed by atoms with E-state index in [2.05, 4.69) is 15.9 Å². The van der Waals surface area contributed by atoms with Crippen LogP contribution in [0.3, 0.4) is 0 Å². The van der Waals surface area contributed by atoms with Crippen LogP contribution in [0.5, 0.6) is 0 Å². The highest BCUT2D eigenvalue weighted by Gasteiger charge is 2.44. The molecule has 2 saturated heterocycles. The molecular formula is C21H30N2O3S. The van der Waals surface area contributed by atoms with Gasteiger partial charge in [-0.25, -0.2) is 0 Å². The summed E-state index contributed by atoms with van der Waals surface area (Å²) in [5.41, 5.74) is 1.20. The number of thiophene rings is 1. The Balaban J connectivity index is 1.34. The maximum Gasteiger partial charge on any atom is 0.264 e. The van der Waals surface area contributed by atoms with Crippen LogP contribution in [0.4, 0.5) is 0 Å². The largest absolute Gasteiger partial charge is 0.383 e. The molecule has 0 unspecified atom stereocenters. The highest BCUT2D eigenvalue weighted by Crippen LogP contribution is 2.46. The van der Waals surface area contributed by atoms with E-state index in [-0.39, 0.29) is 11.5 Å². The molecule has 0 N–H and O–H groups in total. The number of rotatable bonds is 4. The molecule has 1 spiro atoms. The van der Waals surface area contributed by atoms with Crippen LogP contribution in [0.15, 0.2) is 6.07 Å². The van der Waals surface area contributed by atoms with E-state index in [4.69, 9.17) is 9.47 Å². The average Bonchev–Trinajstić information content (AvgIpc) is 3.43. The second-order valence-electron chi connectivity index (χ2n) is 8.68. The second-order valence-corrected chi connectivity index (χ2v) is 9.73. The molecular weight excluding hydrogens is 360 g/mol. The van der Waals surface area contributed by atoms with Gasteiger partial charge in [-0.1, -0.05) is 0 Å². The van der Waals surface area contributed by atoms with E-state index in [0.29, 0.717) is 6.04 Å². The summed E-state index contributed by atoms with van der Waals surface area (Å²) in [6, 6.07) is 2.69. The number of methoxy groups -OCH3 is 1. The summed E-state index contributed by atoms with van der Waals surface area (Å²) >= 11 is 1.72. The van der Waals surface area contributed by atoms with Gasteiger partial charge in [-0.15, -0.1) is 11.3 Å². The lowest BCUT2D eigenvalue weighted by molar-refractivity contribution is -0.0963. The summed E-state index contributed by atoms with van der Waals surface area (Å²) in [4.78, 5) is 20.1. The molecule has 6 heteroatoms. The second kappa shape index (κ2) is 7.14. The predicted molar refractivity (Wildman–Crippen MR) is 105 cm³/mol. The van der Waals surface area contributed by atoms with E-state index in [1.165, 1.54) is 29.7 Å². The summed E-state index contributed by atoms with van der Waals surface area (Å²) in [5.74, 6) is 1.02. The normalized spacial score (nSPS) is 29.4. The van der Waals surface area contributed by atoms with Crippen molar-refractivity contribution < 1.29 is 14.3 Å². The molecule has 4 aliphatic rings.